The molecule has 3 aromatic rings. The molecule has 0 aliphatic rings. The molecular weight excluding hydrogens is 334 g/mol. The molecule has 0 aliphatic carbocycles. The Morgan fingerprint density at radius 2 is 1.96 bits per heavy atom. The van der Waals surface area contributed by atoms with Crippen LogP contribution in [0.5, 0.6) is 5.75 Å². The van der Waals surface area contributed by atoms with Crippen LogP contribution in [0.2, 0.25) is 0 Å². The van der Waals surface area contributed by atoms with E-state index in [9.17, 15) is 0 Å². The molecule has 0 amide bonds. The molecule has 3 rings (SSSR count). The van der Waals surface area contributed by atoms with E-state index in [0.29, 0.717) is 18.2 Å². The highest BCUT2D eigenvalue weighted by atomic mass is 32.1. The minimum absolute atomic E-state index is 0.546. The Kier molecular flexibility index (Phi) is 5.64. The number of methoxy groups -OCH3 is 1. The van der Waals surface area contributed by atoms with E-state index in [1.165, 1.54) is 0 Å². The Balaban J connectivity index is 1.78. The molecule has 6 heteroatoms. The van der Waals surface area contributed by atoms with Gasteiger partial charge in [-0.25, -0.2) is 0 Å². The number of pyridine rings is 1. The summed E-state index contributed by atoms with van der Waals surface area (Å²) in [7, 11) is 1.64. The molecule has 0 saturated heterocycles. The van der Waals surface area contributed by atoms with Crippen LogP contribution in [0.3, 0.4) is 0 Å². The van der Waals surface area contributed by atoms with Gasteiger partial charge in [0, 0.05) is 6.20 Å². The van der Waals surface area contributed by atoms with E-state index < -0.39 is 0 Å². The Labute approximate surface area is 152 Å². The first-order valence-electron chi connectivity index (χ1n) is 7.87. The molecule has 0 saturated carbocycles. The molecule has 1 N–H and O–H groups in total. The average molecular weight is 353 g/mol. The van der Waals surface area contributed by atoms with E-state index >= 15 is 0 Å². The number of nitrogens with one attached hydrogen (secondary N) is 1. The second-order valence-electron chi connectivity index (χ2n) is 5.39. The van der Waals surface area contributed by atoms with Crippen molar-refractivity contribution in [2.75, 3.05) is 12.4 Å². The zero-order valence-electron chi connectivity index (χ0n) is 13.9. The van der Waals surface area contributed by atoms with Crippen molar-refractivity contribution in [3.63, 3.8) is 0 Å². The third-order valence-corrected chi connectivity index (χ3v) is 4.00. The first kappa shape index (κ1) is 17.0. The maximum atomic E-state index is 5.63. The van der Waals surface area contributed by atoms with Crippen LogP contribution in [0.25, 0.3) is 0 Å². The van der Waals surface area contributed by atoms with Crippen molar-refractivity contribution < 1.29 is 9.15 Å². The van der Waals surface area contributed by atoms with Gasteiger partial charge in [-0.1, -0.05) is 18.2 Å². The molecule has 0 atom stereocenters. The number of furan rings is 1. The van der Waals surface area contributed by atoms with Gasteiger partial charge in [0.05, 0.1) is 37.8 Å². The second kappa shape index (κ2) is 8.30. The second-order valence-corrected chi connectivity index (χ2v) is 5.77. The smallest absolute Gasteiger partial charge is 0.174 e. The van der Waals surface area contributed by atoms with Gasteiger partial charge in [-0.15, -0.1) is 0 Å². The fourth-order valence-corrected chi connectivity index (χ4v) is 2.66. The van der Waals surface area contributed by atoms with Gasteiger partial charge in [-0.05, 0) is 48.6 Å². The van der Waals surface area contributed by atoms with E-state index in [-0.39, 0.29) is 0 Å². The standard InChI is InChI=1S/C19H19N3O2S/c1-23-18-10-3-2-9-17(18)21-19(25)22(14-16-8-6-12-24-16)13-15-7-4-5-11-20-15/h2-12H,13-14H2,1H3,(H,21,25). The normalized spacial score (nSPS) is 10.3. The number of thiocarbonyl (C=S) groups is 1. The molecule has 0 fully saturated rings. The lowest BCUT2D eigenvalue weighted by atomic mass is 10.3. The quantitative estimate of drug-likeness (QED) is 0.674. The number of rotatable bonds is 6. The Morgan fingerprint density at radius 1 is 1.12 bits per heavy atom. The van der Waals surface area contributed by atoms with Crippen LogP contribution in [0.4, 0.5) is 5.69 Å². The van der Waals surface area contributed by atoms with Gasteiger partial charge in [-0.3, -0.25) is 4.98 Å². The van der Waals surface area contributed by atoms with E-state index in [0.717, 1.165) is 22.9 Å². The molecule has 128 valence electrons. The Bertz CT molecular complexity index is 807. The number of para-hydroxylation sites is 2. The van der Waals surface area contributed by atoms with Crippen LogP contribution in [0.1, 0.15) is 11.5 Å². The molecular formula is C19H19N3O2S. The molecule has 5 nitrogen and oxygen atoms in total. The van der Waals surface area contributed by atoms with Crippen LogP contribution >= 0.6 is 12.2 Å². The highest BCUT2D eigenvalue weighted by molar-refractivity contribution is 7.80. The third kappa shape index (κ3) is 4.58. The molecule has 25 heavy (non-hydrogen) atoms. The number of benzene rings is 1. The summed E-state index contributed by atoms with van der Waals surface area (Å²) in [5.74, 6) is 1.57. The summed E-state index contributed by atoms with van der Waals surface area (Å²) >= 11 is 5.63. The topological polar surface area (TPSA) is 50.5 Å². The minimum atomic E-state index is 0.546. The fraction of sp³-hybridized carbons (Fsp3) is 0.158. The summed E-state index contributed by atoms with van der Waals surface area (Å²) in [6.45, 7) is 1.12. The lowest BCUT2D eigenvalue weighted by Gasteiger charge is -2.25. The summed E-state index contributed by atoms with van der Waals surface area (Å²) < 4.78 is 10.9. The maximum absolute atomic E-state index is 5.63. The van der Waals surface area contributed by atoms with Gasteiger partial charge in [0.25, 0.3) is 0 Å². The monoisotopic (exact) mass is 353 g/mol. The van der Waals surface area contributed by atoms with Crippen LogP contribution < -0.4 is 10.1 Å². The molecule has 0 unspecified atom stereocenters. The van der Waals surface area contributed by atoms with Gasteiger partial charge in [0.1, 0.15) is 11.5 Å². The summed E-state index contributed by atoms with van der Waals surface area (Å²) in [5.41, 5.74) is 1.75. The maximum Gasteiger partial charge on any atom is 0.174 e. The highest BCUT2D eigenvalue weighted by Crippen LogP contribution is 2.24. The predicted molar refractivity (Wildman–Crippen MR) is 101 cm³/mol. The van der Waals surface area contributed by atoms with Crippen molar-refractivity contribution in [2.45, 2.75) is 13.1 Å². The third-order valence-electron chi connectivity index (χ3n) is 3.64. The van der Waals surface area contributed by atoms with Gasteiger partial charge < -0.3 is 19.4 Å². The highest BCUT2D eigenvalue weighted by Gasteiger charge is 2.15. The number of anilines is 1. The number of ether oxygens (including phenoxy) is 1. The Hall–Kier alpha value is -2.86. The van der Waals surface area contributed by atoms with Crippen LogP contribution in [0, 0.1) is 0 Å². The van der Waals surface area contributed by atoms with Crippen LogP contribution in [-0.4, -0.2) is 22.1 Å². The van der Waals surface area contributed by atoms with Crippen LogP contribution in [-0.2, 0) is 13.1 Å². The first-order chi connectivity index (χ1) is 12.3. The van der Waals surface area contributed by atoms with Gasteiger partial charge in [-0.2, -0.15) is 0 Å². The SMILES string of the molecule is COc1ccccc1NC(=S)N(Cc1ccccn1)Cc1ccco1. The van der Waals surface area contributed by atoms with Crippen molar-refractivity contribution in [2.24, 2.45) is 0 Å². The van der Waals surface area contributed by atoms with E-state index in [1.54, 1.807) is 19.6 Å². The molecule has 0 spiro atoms. The lowest BCUT2D eigenvalue weighted by molar-refractivity contribution is 0.356. The zero-order chi connectivity index (χ0) is 17.5. The molecule has 0 aliphatic heterocycles. The van der Waals surface area contributed by atoms with Crippen molar-refractivity contribution in [3.05, 3.63) is 78.5 Å². The largest absolute Gasteiger partial charge is 0.495 e. The molecule has 0 bridgehead atoms. The molecule has 1 aromatic carbocycles. The number of nitrogens with zero attached hydrogens (tertiary/aromatic N) is 2. The van der Waals surface area contributed by atoms with Crippen molar-refractivity contribution in [1.29, 1.82) is 0 Å². The number of hydrogen-bond donors (Lipinski definition) is 1. The average Bonchev–Trinajstić information content (AvgIpc) is 3.15. The molecule has 0 radical (unpaired) electrons. The lowest BCUT2D eigenvalue weighted by Crippen LogP contribution is -2.34. The first-order valence-corrected chi connectivity index (χ1v) is 8.28. The summed E-state index contributed by atoms with van der Waals surface area (Å²) in [6, 6.07) is 17.3. The fourth-order valence-electron chi connectivity index (χ4n) is 2.42. The van der Waals surface area contributed by atoms with Crippen LogP contribution in [0.15, 0.2) is 71.5 Å². The Morgan fingerprint density at radius 3 is 2.68 bits per heavy atom. The van der Waals surface area contributed by atoms with Crippen molar-refractivity contribution in [1.82, 2.24) is 9.88 Å². The van der Waals surface area contributed by atoms with Gasteiger partial charge in [0.15, 0.2) is 5.11 Å². The van der Waals surface area contributed by atoms with Gasteiger partial charge >= 0.3 is 0 Å². The summed E-state index contributed by atoms with van der Waals surface area (Å²) in [4.78, 5) is 6.39. The minimum Gasteiger partial charge on any atom is -0.495 e. The van der Waals surface area contributed by atoms with Gasteiger partial charge in [0.2, 0.25) is 0 Å². The van der Waals surface area contributed by atoms with Crippen molar-refractivity contribution in [3.8, 4) is 5.75 Å². The van der Waals surface area contributed by atoms with Crippen molar-refractivity contribution >= 4 is 23.0 Å². The molecule has 2 aromatic heterocycles. The zero-order valence-corrected chi connectivity index (χ0v) is 14.7. The van der Waals surface area contributed by atoms with E-state index in [4.69, 9.17) is 21.4 Å². The number of hydrogen-bond acceptors (Lipinski definition) is 4. The van der Waals surface area contributed by atoms with E-state index in [1.807, 2.05) is 59.5 Å². The summed E-state index contributed by atoms with van der Waals surface area (Å²) in [6.07, 6.45) is 3.43. The molecule has 2 heterocycles. The predicted octanol–water partition coefficient (Wildman–Crippen LogP) is 4.08. The van der Waals surface area contributed by atoms with E-state index in [2.05, 4.69) is 10.3 Å². The summed E-state index contributed by atoms with van der Waals surface area (Å²) in [5, 5.41) is 3.83. The number of aromatic nitrogens is 1.